The lowest BCUT2D eigenvalue weighted by molar-refractivity contribution is 0.102. The van der Waals surface area contributed by atoms with Crippen molar-refractivity contribution >= 4 is 22.5 Å². The zero-order valence-corrected chi connectivity index (χ0v) is 12.5. The molecule has 3 rings (SSSR count). The van der Waals surface area contributed by atoms with Gasteiger partial charge in [0, 0.05) is 11.6 Å². The smallest absolute Gasteiger partial charge is 0.259 e. The summed E-state index contributed by atoms with van der Waals surface area (Å²) in [4.78, 5) is 16.8. The van der Waals surface area contributed by atoms with Crippen LogP contribution in [0, 0.1) is 6.92 Å². The number of methoxy groups -OCH3 is 1. The van der Waals surface area contributed by atoms with Crippen LogP contribution in [0.1, 0.15) is 15.9 Å². The Hall–Kier alpha value is -2.88. The van der Waals surface area contributed by atoms with Gasteiger partial charge in [0.2, 0.25) is 0 Å². The van der Waals surface area contributed by atoms with Crippen LogP contribution in [0.3, 0.4) is 0 Å². The van der Waals surface area contributed by atoms with E-state index >= 15 is 0 Å². The largest absolute Gasteiger partial charge is 0.496 e. The number of pyridine rings is 1. The fraction of sp³-hybridized carbons (Fsp3) is 0.111. The first-order valence-electron chi connectivity index (χ1n) is 6.99. The van der Waals surface area contributed by atoms with Gasteiger partial charge in [0.05, 0.1) is 23.9 Å². The third-order valence-corrected chi connectivity index (χ3v) is 3.50. The molecule has 0 saturated heterocycles. The Bertz CT molecular complexity index is 843. The van der Waals surface area contributed by atoms with Crippen LogP contribution >= 0.6 is 0 Å². The van der Waals surface area contributed by atoms with E-state index in [4.69, 9.17) is 4.74 Å². The highest BCUT2D eigenvalue weighted by molar-refractivity contribution is 6.10. The number of carbonyl (C=O) groups excluding carboxylic acids is 1. The predicted molar refractivity (Wildman–Crippen MR) is 87.4 cm³/mol. The zero-order valence-electron chi connectivity index (χ0n) is 12.5. The molecule has 0 unspecified atom stereocenters. The van der Waals surface area contributed by atoms with E-state index in [0.29, 0.717) is 11.3 Å². The molecule has 0 spiro atoms. The minimum absolute atomic E-state index is 0.202. The number of carbonyl (C=O) groups is 1. The van der Waals surface area contributed by atoms with Gasteiger partial charge in [0.25, 0.3) is 5.91 Å². The Morgan fingerprint density at radius 3 is 2.77 bits per heavy atom. The van der Waals surface area contributed by atoms with Crippen molar-refractivity contribution in [3.8, 4) is 5.75 Å². The van der Waals surface area contributed by atoms with E-state index < -0.39 is 0 Å². The number of rotatable bonds is 3. The molecule has 1 amide bonds. The van der Waals surface area contributed by atoms with Crippen LogP contribution < -0.4 is 10.1 Å². The number of aromatic nitrogens is 1. The van der Waals surface area contributed by atoms with Crippen LogP contribution in [0.15, 0.2) is 54.7 Å². The topological polar surface area (TPSA) is 51.2 Å². The molecule has 1 N–H and O–H groups in total. The van der Waals surface area contributed by atoms with Gasteiger partial charge in [0.1, 0.15) is 5.75 Å². The summed E-state index contributed by atoms with van der Waals surface area (Å²) in [7, 11) is 1.55. The number of hydrogen-bond donors (Lipinski definition) is 1. The highest BCUT2D eigenvalue weighted by atomic mass is 16.5. The maximum Gasteiger partial charge on any atom is 0.259 e. The molecule has 2 aromatic carbocycles. The highest BCUT2D eigenvalue weighted by Gasteiger charge is 2.13. The highest BCUT2D eigenvalue weighted by Crippen LogP contribution is 2.25. The van der Waals surface area contributed by atoms with Crippen LogP contribution in [-0.4, -0.2) is 18.0 Å². The molecule has 1 aromatic heterocycles. The summed E-state index contributed by atoms with van der Waals surface area (Å²) in [5.74, 6) is 0.348. The molecule has 0 bridgehead atoms. The van der Waals surface area contributed by atoms with Crippen molar-refractivity contribution in [2.24, 2.45) is 0 Å². The summed E-state index contributed by atoms with van der Waals surface area (Å²) in [6.07, 6.45) is 1.69. The van der Waals surface area contributed by atoms with Gasteiger partial charge in [-0.1, -0.05) is 23.8 Å². The average Bonchev–Trinajstić information content (AvgIpc) is 2.55. The molecule has 0 aliphatic heterocycles. The van der Waals surface area contributed by atoms with Gasteiger partial charge in [-0.15, -0.1) is 0 Å². The number of hydrogen-bond acceptors (Lipinski definition) is 3. The average molecular weight is 292 g/mol. The lowest BCUT2D eigenvalue weighted by atomic mass is 10.1. The van der Waals surface area contributed by atoms with Crippen molar-refractivity contribution in [2.45, 2.75) is 6.92 Å². The van der Waals surface area contributed by atoms with E-state index in [2.05, 4.69) is 10.3 Å². The fourth-order valence-electron chi connectivity index (χ4n) is 2.39. The summed E-state index contributed by atoms with van der Waals surface area (Å²) >= 11 is 0. The lowest BCUT2D eigenvalue weighted by Crippen LogP contribution is -2.13. The first-order chi connectivity index (χ1) is 10.7. The molecule has 0 saturated carbocycles. The van der Waals surface area contributed by atoms with Gasteiger partial charge in [0.15, 0.2) is 0 Å². The monoisotopic (exact) mass is 292 g/mol. The van der Waals surface area contributed by atoms with Gasteiger partial charge < -0.3 is 10.1 Å². The normalized spacial score (nSPS) is 10.5. The summed E-state index contributed by atoms with van der Waals surface area (Å²) in [5.41, 5.74) is 3.21. The van der Waals surface area contributed by atoms with Gasteiger partial charge in [-0.25, -0.2) is 0 Å². The van der Waals surface area contributed by atoms with Crippen LogP contribution in [0.2, 0.25) is 0 Å². The first kappa shape index (κ1) is 14.1. The van der Waals surface area contributed by atoms with Crippen LogP contribution in [-0.2, 0) is 0 Å². The molecule has 1 heterocycles. The number of amides is 1. The number of anilines is 1. The summed E-state index contributed by atoms with van der Waals surface area (Å²) in [6.45, 7) is 2.01. The van der Waals surface area contributed by atoms with Crippen LogP contribution in [0.4, 0.5) is 5.69 Å². The maximum atomic E-state index is 12.5. The molecule has 4 heteroatoms. The second-order valence-corrected chi connectivity index (χ2v) is 5.03. The molecule has 0 aliphatic carbocycles. The second-order valence-electron chi connectivity index (χ2n) is 5.03. The lowest BCUT2D eigenvalue weighted by Gasteiger charge is -2.11. The third-order valence-electron chi connectivity index (χ3n) is 3.50. The molecule has 0 fully saturated rings. The standard InChI is InChI=1S/C18H16N2O2/c1-12-7-8-15-14(11-12)16(9-10-19-15)20-18(21)13-5-3-4-6-17(13)22-2/h3-11H,1-2H3,(H,19,20,21). The Balaban J connectivity index is 1.99. The van der Waals surface area contributed by atoms with Gasteiger partial charge >= 0.3 is 0 Å². The number of nitrogens with zero attached hydrogens (tertiary/aromatic N) is 1. The minimum Gasteiger partial charge on any atom is -0.496 e. The summed E-state index contributed by atoms with van der Waals surface area (Å²) in [5, 5.41) is 3.87. The zero-order chi connectivity index (χ0) is 15.5. The van der Waals surface area contributed by atoms with E-state index in [1.54, 1.807) is 31.5 Å². The molecule has 22 heavy (non-hydrogen) atoms. The minimum atomic E-state index is -0.202. The van der Waals surface area contributed by atoms with Crippen molar-refractivity contribution in [2.75, 3.05) is 12.4 Å². The molecule has 3 aromatic rings. The van der Waals surface area contributed by atoms with E-state index in [-0.39, 0.29) is 5.91 Å². The van der Waals surface area contributed by atoms with Crippen molar-refractivity contribution in [3.05, 3.63) is 65.9 Å². The molecule has 0 radical (unpaired) electrons. The van der Waals surface area contributed by atoms with Crippen molar-refractivity contribution in [3.63, 3.8) is 0 Å². The van der Waals surface area contributed by atoms with Gasteiger partial charge in [-0.05, 0) is 37.3 Å². The SMILES string of the molecule is COc1ccccc1C(=O)Nc1ccnc2ccc(C)cc12. The molecule has 110 valence electrons. The first-order valence-corrected chi connectivity index (χ1v) is 6.99. The number of ether oxygens (including phenoxy) is 1. The Labute approximate surface area is 128 Å². The molecule has 0 atom stereocenters. The Morgan fingerprint density at radius 1 is 1.14 bits per heavy atom. The molecule has 4 nitrogen and oxygen atoms in total. The number of fused-ring (bicyclic) bond motifs is 1. The van der Waals surface area contributed by atoms with E-state index in [9.17, 15) is 4.79 Å². The van der Waals surface area contributed by atoms with Crippen molar-refractivity contribution < 1.29 is 9.53 Å². The Kier molecular flexibility index (Phi) is 3.74. The van der Waals surface area contributed by atoms with Gasteiger partial charge in [-0.3, -0.25) is 9.78 Å². The van der Waals surface area contributed by atoms with Crippen LogP contribution in [0.5, 0.6) is 5.75 Å². The second kappa shape index (κ2) is 5.85. The van der Waals surface area contributed by atoms with E-state index in [1.165, 1.54) is 0 Å². The summed E-state index contributed by atoms with van der Waals surface area (Å²) in [6, 6.07) is 14.9. The Morgan fingerprint density at radius 2 is 1.95 bits per heavy atom. The van der Waals surface area contributed by atoms with Gasteiger partial charge in [-0.2, -0.15) is 0 Å². The molecule has 0 aliphatic rings. The summed E-state index contributed by atoms with van der Waals surface area (Å²) < 4.78 is 5.24. The number of nitrogens with one attached hydrogen (secondary N) is 1. The third kappa shape index (κ3) is 2.63. The number of para-hydroxylation sites is 1. The van der Waals surface area contributed by atoms with Crippen molar-refractivity contribution in [1.29, 1.82) is 0 Å². The molecular formula is C18H16N2O2. The van der Waals surface area contributed by atoms with Crippen LogP contribution in [0.25, 0.3) is 10.9 Å². The van der Waals surface area contributed by atoms with Crippen molar-refractivity contribution in [1.82, 2.24) is 4.98 Å². The predicted octanol–water partition coefficient (Wildman–Crippen LogP) is 3.80. The van der Waals surface area contributed by atoms with E-state index in [0.717, 1.165) is 22.2 Å². The molecular weight excluding hydrogens is 276 g/mol. The maximum absolute atomic E-state index is 12.5. The quantitative estimate of drug-likeness (QED) is 0.798. The number of aryl methyl sites for hydroxylation is 1. The number of benzene rings is 2. The fourth-order valence-corrected chi connectivity index (χ4v) is 2.39. The van der Waals surface area contributed by atoms with E-state index in [1.807, 2.05) is 37.3 Å².